The van der Waals surface area contributed by atoms with Crippen LogP contribution < -0.4 is 0 Å². The van der Waals surface area contributed by atoms with Gasteiger partial charge in [0, 0.05) is 45.4 Å². The van der Waals surface area contributed by atoms with Crippen LogP contribution in [0.25, 0.3) is 0 Å². The minimum atomic E-state index is -0.564. The zero-order chi connectivity index (χ0) is 25.7. The van der Waals surface area contributed by atoms with Gasteiger partial charge in [-0.15, -0.1) is 0 Å². The third kappa shape index (κ3) is 5.26. The summed E-state index contributed by atoms with van der Waals surface area (Å²) in [4.78, 5) is 0. The van der Waals surface area contributed by atoms with Gasteiger partial charge in [-0.25, -0.2) is 0 Å². The number of phenols is 5. The molecule has 10 nitrogen and oxygen atoms in total. The zero-order valence-electron chi connectivity index (χ0n) is 18.8. The van der Waals surface area contributed by atoms with Crippen LogP contribution in [0.2, 0.25) is 0 Å². The summed E-state index contributed by atoms with van der Waals surface area (Å²) < 4.78 is 5.65. The van der Waals surface area contributed by atoms with E-state index in [1.54, 1.807) is 6.07 Å². The molecule has 35 heavy (non-hydrogen) atoms. The molecule has 0 aliphatic heterocycles. The van der Waals surface area contributed by atoms with Crippen molar-refractivity contribution < 1.29 is 50.7 Å². The molecule has 0 atom stereocenters. The number of ether oxygens (including phenoxy) is 1. The van der Waals surface area contributed by atoms with Crippen LogP contribution in [0, 0.1) is 0 Å². The van der Waals surface area contributed by atoms with Gasteiger partial charge in [0.05, 0.1) is 39.6 Å². The van der Waals surface area contributed by atoms with Gasteiger partial charge in [0.1, 0.15) is 28.7 Å². The predicted octanol–water partition coefficient (Wildman–Crippen LogP) is 1.49. The molecule has 3 rings (SSSR count). The summed E-state index contributed by atoms with van der Waals surface area (Å²) in [5.74, 6) is -1.74. The average molecular weight is 488 g/mol. The van der Waals surface area contributed by atoms with E-state index < -0.39 is 32.2 Å². The fourth-order valence-electron chi connectivity index (χ4n) is 3.83. The molecule has 0 bridgehead atoms. The van der Waals surface area contributed by atoms with Gasteiger partial charge < -0.3 is 50.7 Å². The SMILES string of the molecule is OCc1ccc(O)c(Cc2c(O)c(CO)cc(COCc3ccc(CO)c(O)c3CO)c2O)c1O. The molecule has 0 aliphatic rings. The lowest BCUT2D eigenvalue weighted by atomic mass is 9.95. The van der Waals surface area contributed by atoms with E-state index in [0.717, 1.165) is 0 Å². The standard InChI is InChI=1S/C25H28O10/c26-7-13-1-2-15(20(10-29)23(13)32)11-35-12-17-5-16(9-28)24(33)19(25(17)34)6-18-21(30)4-3-14(8-27)22(18)31/h1-5,26-34H,6-12H2. The van der Waals surface area contributed by atoms with Crippen molar-refractivity contribution in [2.45, 2.75) is 46.1 Å². The summed E-state index contributed by atoms with van der Waals surface area (Å²) in [5, 5.41) is 90.0. The number of aliphatic hydroxyl groups excluding tert-OH is 4. The first kappa shape index (κ1) is 26.1. The van der Waals surface area contributed by atoms with Crippen LogP contribution in [-0.4, -0.2) is 46.0 Å². The highest BCUT2D eigenvalue weighted by molar-refractivity contribution is 5.58. The minimum absolute atomic E-state index is 0.0313. The lowest BCUT2D eigenvalue weighted by Gasteiger charge is -2.18. The van der Waals surface area contributed by atoms with E-state index in [1.165, 1.54) is 24.3 Å². The van der Waals surface area contributed by atoms with Crippen LogP contribution in [0.3, 0.4) is 0 Å². The maximum Gasteiger partial charge on any atom is 0.128 e. The molecule has 9 N–H and O–H groups in total. The third-order valence-electron chi connectivity index (χ3n) is 5.87. The molecule has 0 heterocycles. The molecule has 0 radical (unpaired) electrons. The normalized spacial score (nSPS) is 11.2. The zero-order valence-corrected chi connectivity index (χ0v) is 18.8. The molecule has 0 aromatic heterocycles. The van der Waals surface area contributed by atoms with Crippen molar-refractivity contribution in [3.63, 3.8) is 0 Å². The molecule has 0 unspecified atom stereocenters. The monoisotopic (exact) mass is 488 g/mol. The minimum Gasteiger partial charge on any atom is -0.508 e. The topological polar surface area (TPSA) is 191 Å². The first-order valence-corrected chi connectivity index (χ1v) is 10.7. The van der Waals surface area contributed by atoms with Gasteiger partial charge >= 0.3 is 0 Å². The number of benzene rings is 3. The van der Waals surface area contributed by atoms with Crippen molar-refractivity contribution in [3.8, 4) is 28.7 Å². The first-order valence-electron chi connectivity index (χ1n) is 10.7. The van der Waals surface area contributed by atoms with Crippen LogP contribution in [0.1, 0.15) is 44.5 Å². The van der Waals surface area contributed by atoms with Crippen LogP contribution in [0.15, 0.2) is 30.3 Å². The Morgan fingerprint density at radius 3 is 1.57 bits per heavy atom. The summed E-state index contributed by atoms with van der Waals surface area (Å²) in [7, 11) is 0. The Labute approximate surface area is 200 Å². The van der Waals surface area contributed by atoms with Gasteiger partial charge in [-0.1, -0.05) is 12.1 Å². The number of aromatic hydroxyl groups is 5. The largest absolute Gasteiger partial charge is 0.508 e. The Bertz CT molecular complexity index is 1210. The van der Waals surface area contributed by atoms with Crippen molar-refractivity contribution in [3.05, 3.63) is 74.8 Å². The molecular formula is C25H28O10. The van der Waals surface area contributed by atoms with Gasteiger partial charge in [0.2, 0.25) is 0 Å². The van der Waals surface area contributed by atoms with Gasteiger partial charge in [-0.05, 0) is 23.8 Å². The van der Waals surface area contributed by atoms with Crippen LogP contribution in [0.4, 0.5) is 0 Å². The molecular weight excluding hydrogens is 460 g/mol. The highest BCUT2D eigenvalue weighted by Crippen LogP contribution is 2.41. The Morgan fingerprint density at radius 2 is 0.971 bits per heavy atom. The van der Waals surface area contributed by atoms with Gasteiger partial charge in [0.25, 0.3) is 0 Å². The van der Waals surface area contributed by atoms with Gasteiger partial charge in [-0.2, -0.15) is 0 Å². The lowest BCUT2D eigenvalue weighted by molar-refractivity contribution is 0.103. The highest BCUT2D eigenvalue weighted by Gasteiger charge is 2.22. The van der Waals surface area contributed by atoms with E-state index in [9.17, 15) is 46.0 Å². The number of hydrogen-bond acceptors (Lipinski definition) is 10. The Morgan fingerprint density at radius 1 is 0.486 bits per heavy atom. The lowest BCUT2D eigenvalue weighted by Crippen LogP contribution is -2.04. The van der Waals surface area contributed by atoms with Crippen LogP contribution >= 0.6 is 0 Å². The van der Waals surface area contributed by atoms with Crippen LogP contribution in [0.5, 0.6) is 28.7 Å². The number of phenolic OH excluding ortho intramolecular Hbond substituents is 2. The van der Waals surface area contributed by atoms with Gasteiger partial charge in [-0.3, -0.25) is 0 Å². The van der Waals surface area contributed by atoms with Crippen molar-refractivity contribution >= 4 is 0 Å². The summed E-state index contributed by atoms with van der Waals surface area (Å²) in [6.45, 7) is -2.20. The second-order valence-corrected chi connectivity index (χ2v) is 7.95. The van der Waals surface area contributed by atoms with Crippen molar-refractivity contribution in [1.29, 1.82) is 0 Å². The maximum absolute atomic E-state index is 10.8. The Kier molecular flexibility index (Phi) is 8.39. The van der Waals surface area contributed by atoms with Gasteiger partial charge in [0.15, 0.2) is 0 Å². The fourth-order valence-corrected chi connectivity index (χ4v) is 3.83. The summed E-state index contributed by atoms with van der Waals surface area (Å²) in [6, 6.07) is 7.02. The quantitative estimate of drug-likeness (QED) is 0.202. The fraction of sp³-hybridized carbons (Fsp3) is 0.280. The molecule has 0 amide bonds. The maximum atomic E-state index is 10.8. The summed E-state index contributed by atoms with van der Waals surface area (Å²) in [6.07, 6.45) is -0.310. The van der Waals surface area contributed by atoms with E-state index in [4.69, 9.17) is 4.74 Å². The second-order valence-electron chi connectivity index (χ2n) is 7.95. The molecule has 0 spiro atoms. The predicted molar refractivity (Wildman–Crippen MR) is 123 cm³/mol. The molecule has 10 heteroatoms. The number of rotatable bonds is 10. The van der Waals surface area contributed by atoms with E-state index in [0.29, 0.717) is 5.56 Å². The van der Waals surface area contributed by atoms with E-state index in [2.05, 4.69) is 0 Å². The third-order valence-corrected chi connectivity index (χ3v) is 5.87. The molecule has 0 fully saturated rings. The molecule has 3 aromatic carbocycles. The number of aliphatic hydroxyl groups is 4. The van der Waals surface area contributed by atoms with E-state index >= 15 is 0 Å². The molecule has 0 saturated carbocycles. The Balaban J connectivity index is 1.90. The first-order chi connectivity index (χ1) is 16.8. The van der Waals surface area contributed by atoms with Crippen molar-refractivity contribution in [1.82, 2.24) is 0 Å². The molecule has 0 saturated heterocycles. The average Bonchev–Trinajstić information content (AvgIpc) is 2.85. The van der Waals surface area contributed by atoms with E-state index in [1.807, 2.05) is 0 Å². The van der Waals surface area contributed by atoms with E-state index in [-0.39, 0.29) is 81.6 Å². The smallest absolute Gasteiger partial charge is 0.128 e. The number of hydrogen-bond donors (Lipinski definition) is 9. The van der Waals surface area contributed by atoms with Crippen molar-refractivity contribution in [2.24, 2.45) is 0 Å². The van der Waals surface area contributed by atoms with Crippen molar-refractivity contribution in [2.75, 3.05) is 0 Å². The highest BCUT2D eigenvalue weighted by atomic mass is 16.5. The van der Waals surface area contributed by atoms with Crippen LogP contribution in [-0.2, 0) is 50.8 Å². The summed E-state index contributed by atoms with van der Waals surface area (Å²) >= 11 is 0. The molecule has 0 aliphatic carbocycles. The molecule has 188 valence electrons. The Hall–Kier alpha value is -3.54. The second kappa shape index (κ2) is 11.3. The molecule has 3 aromatic rings. The summed E-state index contributed by atoms with van der Waals surface area (Å²) in [5.41, 5.74) is 1.22.